The fourth-order valence-corrected chi connectivity index (χ4v) is 3.27. The molecule has 0 atom stereocenters. The minimum absolute atomic E-state index is 0.242. The molecule has 0 aromatic heterocycles. The van der Waals surface area contributed by atoms with Gasteiger partial charge in [0, 0.05) is 25.0 Å². The van der Waals surface area contributed by atoms with E-state index in [-0.39, 0.29) is 13.2 Å². The summed E-state index contributed by atoms with van der Waals surface area (Å²) in [6.07, 6.45) is 3.36. The van der Waals surface area contributed by atoms with Crippen molar-refractivity contribution in [2.75, 3.05) is 26.4 Å². The van der Waals surface area contributed by atoms with Crippen molar-refractivity contribution in [2.45, 2.75) is 12.8 Å². The van der Waals surface area contributed by atoms with Crippen LogP contribution in [0.1, 0.15) is 23.2 Å². The molecule has 0 unspecified atom stereocenters. The van der Waals surface area contributed by atoms with Crippen molar-refractivity contribution in [1.82, 2.24) is 0 Å². The van der Waals surface area contributed by atoms with Gasteiger partial charge in [-0.2, -0.15) is 0 Å². The Bertz CT molecular complexity index is 1250. The third-order valence-electron chi connectivity index (χ3n) is 5.28. The number of esters is 3. The van der Waals surface area contributed by atoms with E-state index in [1.165, 1.54) is 0 Å². The average molecular weight is 531 g/mol. The molecule has 8 nitrogen and oxygen atoms in total. The third-order valence-corrected chi connectivity index (χ3v) is 5.28. The molecule has 3 rings (SSSR count). The van der Waals surface area contributed by atoms with Crippen LogP contribution in [0.5, 0.6) is 17.2 Å². The van der Waals surface area contributed by atoms with E-state index in [4.69, 9.17) is 23.7 Å². The van der Waals surface area contributed by atoms with Crippen molar-refractivity contribution >= 4 is 17.9 Å². The number of hydrogen-bond donors (Lipinski definition) is 0. The van der Waals surface area contributed by atoms with Crippen LogP contribution in [0.2, 0.25) is 0 Å². The zero-order valence-corrected chi connectivity index (χ0v) is 21.5. The zero-order valence-electron chi connectivity index (χ0n) is 21.5. The summed E-state index contributed by atoms with van der Waals surface area (Å²) in [5, 5.41) is 0. The van der Waals surface area contributed by atoms with Crippen molar-refractivity contribution < 1.29 is 38.1 Å². The summed E-state index contributed by atoms with van der Waals surface area (Å²) in [6.45, 7) is 7.99. The van der Waals surface area contributed by atoms with Crippen molar-refractivity contribution in [1.29, 1.82) is 0 Å². The summed E-state index contributed by atoms with van der Waals surface area (Å²) < 4.78 is 26.5. The van der Waals surface area contributed by atoms with Crippen molar-refractivity contribution in [2.24, 2.45) is 0 Å². The average Bonchev–Trinajstić information content (AvgIpc) is 2.97. The molecule has 0 radical (unpaired) electrons. The largest absolute Gasteiger partial charge is 0.493 e. The van der Waals surface area contributed by atoms with Crippen molar-refractivity contribution in [3.05, 3.63) is 104 Å². The maximum atomic E-state index is 12.5. The predicted molar refractivity (Wildman–Crippen MR) is 146 cm³/mol. The number of carbonyl (C=O) groups is 3. The van der Waals surface area contributed by atoms with Gasteiger partial charge in [0.1, 0.15) is 17.2 Å². The lowest BCUT2D eigenvalue weighted by molar-refractivity contribution is -0.138. The second-order valence-electron chi connectivity index (χ2n) is 8.11. The molecule has 39 heavy (non-hydrogen) atoms. The second-order valence-corrected chi connectivity index (χ2v) is 8.11. The van der Waals surface area contributed by atoms with Crippen molar-refractivity contribution in [3.8, 4) is 28.4 Å². The Morgan fingerprint density at radius 2 is 0.974 bits per heavy atom. The van der Waals surface area contributed by atoms with Gasteiger partial charge < -0.3 is 23.7 Å². The number of carbonyl (C=O) groups excluding carboxylic acids is 3. The standard InChI is InChI=1S/C31H30O8/c1-3-29(32)37-21-5-19-35-26-13-7-23(8-14-26)24-9-17-28(18-10-24)39-31(34)25-11-15-27(16-12-25)36-20-6-22-38-30(33)4-2/h3-4,7-18H,1-2,5-6,19-22H2. The molecule has 0 spiro atoms. The first kappa shape index (κ1) is 28.7. The lowest BCUT2D eigenvalue weighted by atomic mass is 10.1. The van der Waals surface area contributed by atoms with Crippen molar-refractivity contribution in [3.63, 3.8) is 0 Å². The number of ether oxygens (including phenoxy) is 5. The highest BCUT2D eigenvalue weighted by molar-refractivity contribution is 5.91. The lowest BCUT2D eigenvalue weighted by Crippen LogP contribution is -2.09. The monoisotopic (exact) mass is 530 g/mol. The Morgan fingerprint density at radius 1 is 0.564 bits per heavy atom. The van der Waals surface area contributed by atoms with E-state index in [1.807, 2.05) is 36.4 Å². The third kappa shape index (κ3) is 9.85. The molecule has 0 aliphatic rings. The highest BCUT2D eigenvalue weighted by Gasteiger charge is 2.10. The van der Waals surface area contributed by atoms with E-state index in [1.54, 1.807) is 36.4 Å². The molecule has 0 fully saturated rings. The summed E-state index contributed by atoms with van der Waals surface area (Å²) in [5.41, 5.74) is 2.33. The van der Waals surface area contributed by atoms with Crippen LogP contribution in [0.4, 0.5) is 0 Å². The van der Waals surface area contributed by atoms with Crippen LogP contribution in [0.3, 0.4) is 0 Å². The Labute approximate surface area is 227 Å². The molecule has 0 N–H and O–H groups in total. The minimum atomic E-state index is -0.480. The van der Waals surface area contributed by atoms with E-state index in [0.717, 1.165) is 23.3 Å². The molecule has 0 aliphatic heterocycles. The molecule has 3 aromatic rings. The summed E-state index contributed by atoms with van der Waals surface area (Å²) in [4.78, 5) is 34.5. The van der Waals surface area contributed by atoms with Crippen LogP contribution in [-0.2, 0) is 19.1 Å². The fourth-order valence-electron chi connectivity index (χ4n) is 3.27. The molecular weight excluding hydrogens is 500 g/mol. The van der Waals surface area contributed by atoms with Gasteiger partial charge in [-0.05, 0) is 59.7 Å². The molecular formula is C31H30O8. The molecule has 0 saturated carbocycles. The minimum Gasteiger partial charge on any atom is -0.493 e. The van der Waals surface area contributed by atoms with E-state index in [2.05, 4.69) is 13.2 Å². The molecule has 0 heterocycles. The Balaban J connectivity index is 1.43. The van der Waals surface area contributed by atoms with Crippen LogP contribution in [-0.4, -0.2) is 44.3 Å². The van der Waals surface area contributed by atoms with Gasteiger partial charge in [0.05, 0.1) is 32.0 Å². The zero-order chi connectivity index (χ0) is 27.9. The SMILES string of the molecule is C=CC(=O)OCCCOc1ccc(C(=O)Oc2ccc(-c3ccc(OCCCOC(=O)C=C)cc3)cc2)cc1. The van der Waals surface area contributed by atoms with E-state index >= 15 is 0 Å². The lowest BCUT2D eigenvalue weighted by Gasteiger charge is -2.09. The van der Waals surface area contributed by atoms with Gasteiger partial charge in [-0.15, -0.1) is 0 Å². The maximum Gasteiger partial charge on any atom is 0.343 e. The first-order valence-corrected chi connectivity index (χ1v) is 12.3. The first-order valence-electron chi connectivity index (χ1n) is 12.3. The van der Waals surface area contributed by atoms with E-state index in [0.29, 0.717) is 48.9 Å². The first-order chi connectivity index (χ1) is 19.0. The van der Waals surface area contributed by atoms with Gasteiger partial charge in [-0.3, -0.25) is 0 Å². The van der Waals surface area contributed by atoms with Crippen LogP contribution >= 0.6 is 0 Å². The van der Waals surface area contributed by atoms with Crippen LogP contribution in [0, 0.1) is 0 Å². The number of rotatable bonds is 15. The highest BCUT2D eigenvalue weighted by atomic mass is 16.5. The van der Waals surface area contributed by atoms with Gasteiger partial charge >= 0.3 is 17.9 Å². The fraction of sp³-hybridized carbons (Fsp3) is 0.194. The smallest absolute Gasteiger partial charge is 0.343 e. The molecule has 0 amide bonds. The second kappa shape index (κ2) is 15.4. The summed E-state index contributed by atoms with van der Waals surface area (Å²) >= 11 is 0. The number of hydrogen-bond acceptors (Lipinski definition) is 8. The maximum absolute atomic E-state index is 12.5. The van der Waals surface area contributed by atoms with Crippen LogP contribution < -0.4 is 14.2 Å². The number of benzene rings is 3. The van der Waals surface area contributed by atoms with Crippen LogP contribution in [0.15, 0.2) is 98.1 Å². The Morgan fingerprint density at radius 3 is 1.41 bits per heavy atom. The summed E-state index contributed by atoms with van der Waals surface area (Å²) in [6, 6.07) is 21.4. The molecule has 0 aliphatic carbocycles. The summed E-state index contributed by atoms with van der Waals surface area (Å²) in [5.74, 6) is 0.341. The van der Waals surface area contributed by atoms with Gasteiger partial charge in [-0.25, -0.2) is 14.4 Å². The molecule has 3 aromatic carbocycles. The normalized spacial score (nSPS) is 10.2. The molecule has 0 saturated heterocycles. The van der Waals surface area contributed by atoms with Gasteiger partial charge in [0.25, 0.3) is 0 Å². The molecule has 0 bridgehead atoms. The predicted octanol–water partition coefficient (Wildman–Crippen LogP) is 5.57. The Kier molecular flexibility index (Phi) is 11.3. The van der Waals surface area contributed by atoms with Gasteiger partial charge in [-0.1, -0.05) is 37.4 Å². The van der Waals surface area contributed by atoms with Gasteiger partial charge in [0.15, 0.2) is 0 Å². The molecule has 202 valence electrons. The molecule has 8 heteroatoms. The van der Waals surface area contributed by atoms with E-state index in [9.17, 15) is 14.4 Å². The Hall–Kier alpha value is -4.85. The summed E-state index contributed by atoms with van der Waals surface area (Å²) in [7, 11) is 0. The van der Waals surface area contributed by atoms with Gasteiger partial charge in [0.2, 0.25) is 0 Å². The van der Waals surface area contributed by atoms with Crippen LogP contribution in [0.25, 0.3) is 11.1 Å². The quantitative estimate of drug-likeness (QED) is 0.109. The van der Waals surface area contributed by atoms with E-state index < -0.39 is 17.9 Å². The topological polar surface area (TPSA) is 97.4 Å². The highest BCUT2D eigenvalue weighted by Crippen LogP contribution is 2.25.